The van der Waals surface area contributed by atoms with E-state index in [1.807, 2.05) is 60.7 Å². The van der Waals surface area contributed by atoms with Crippen molar-refractivity contribution in [1.82, 2.24) is 0 Å². The Morgan fingerprint density at radius 2 is 1.62 bits per heavy atom. The fraction of sp³-hybridized carbons (Fsp3) is 0.278. The zero-order valence-electron chi connectivity index (χ0n) is 11.9. The number of hydrogen-bond acceptors (Lipinski definition) is 2. The third-order valence-corrected chi connectivity index (χ3v) is 3.90. The summed E-state index contributed by atoms with van der Waals surface area (Å²) in [4.78, 5) is 12.1. The number of rotatable bonds is 7. The van der Waals surface area contributed by atoms with E-state index < -0.39 is 0 Å². The largest absolute Gasteiger partial charge is 0.457 e. The summed E-state index contributed by atoms with van der Waals surface area (Å²) >= 11 is 2.32. The highest BCUT2D eigenvalue weighted by Crippen LogP contribution is 2.23. The number of benzene rings is 2. The predicted molar refractivity (Wildman–Crippen MR) is 93.5 cm³/mol. The molecule has 0 saturated heterocycles. The Morgan fingerprint density at radius 1 is 1.00 bits per heavy atom. The van der Waals surface area contributed by atoms with E-state index in [1.54, 1.807) is 0 Å². The van der Waals surface area contributed by atoms with E-state index in [-0.39, 0.29) is 12.1 Å². The van der Waals surface area contributed by atoms with Crippen molar-refractivity contribution in [1.29, 1.82) is 0 Å². The van der Waals surface area contributed by atoms with Crippen molar-refractivity contribution in [3.8, 4) is 0 Å². The third kappa shape index (κ3) is 5.50. The van der Waals surface area contributed by atoms with Gasteiger partial charge < -0.3 is 4.74 Å². The first-order valence-electron chi connectivity index (χ1n) is 7.14. The van der Waals surface area contributed by atoms with Crippen molar-refractivity contribution in [2.24, 2.45) is 0 Å². The maximum Gasteiger partial charge on any atom is 0.306 e. The average molecular weight is 394 g/mol. The second-order valence-corrected chi connectivity index (χ2v) is 5.93. The van der Waals surface area contributed by atoms with Crippen LogP contribution < -0.4 is 0 Å². The summed E-state index contributed by atoms with van der Waals surface area (Å²) in [5.41, 5.74) is 2.24. The van der Waals surface area contributed by atoms with Gasteiger partial charge in [0.25, 0.3) is 0 Å². The summed E-state index contributed by atoms with van der Waals surface area (Å²) < 4.78 is 6.62. The smallest absolute Gasteiger partial charge is 0.306 e. The van der Waals surface area contributed by atoms with Crippen molar-refractivity contribution in [3.05, 3.63) is 71.8 Å². The zero-order chi connectivity index (χ0) is 14.9. The highest BCUT2D eigenvalue weighted by atomic mass is 127. The van der Waals surface area contributed by atoms with Crippen LogP contribution in [0.1, 0.15) is 30.1 Å². The molecule has 2 aromatic carbocycles. The highest BCUT2D eigenvalue weighted by Gasteiger charge is 2.15. The van der Waals surface area contributed by atoms with Crippen molar-refractivity contribution < 1.29 is 9.53 Å². The van der Waals surface area contributed by atoms with Crippen LogP contribution in [0.3, 0.4) is 0 Å². The molecule has 3 heteroatoms. The molecule has 2 rings (SSSR count). The van der Waals surface area contributed by atoms with E-state index >= 15 is 0 Å². The van der Waals surface area contributed by atoms with Gasteiger partial charge in [-0.15, -0.1) is 0 Å². The van der Waals surface area contributed by atoms with Gasteiger partial charge in [-0.2, -0.15) is 0 Å². The fourth-order valence-electron chi connectivity index (χ4n) is 2.17. The summed E-state index contributed by atoms with van der Waals surface area (Å²) in [6, 6.07) is 20.0. The van der Waals surface area contributed by atoms with Crippen molar-refractivity contribution in [2.45, 2.75) is 25.4 Å². The number of carbonyl (C=O) groups excluding carboxylic acids is 1. The molecule has 0 spiro atoms. The van der Waals surface area contributed by atoms with Gasteiger partial charge >= 0.3 is 5.97 Å². The lowest BCUT2D eigenvalue weighted by atomic mass is 10.1. The fourth-order valence-corrected chi connectivity index (χ4v) is 2.73. The summed E-state index contributed by atoms with van der Waals surface area (Å²) in [6.45, 7) is 0. The van der Waals surface area contributed by atoms with Crippen molar-refractivity contribution >= 4 is 28.6 Å². The Morgan fingerprint density at radius 3 is 2.24 bits per heavy atom. The normalized spacial score (nSPS) is 11.9. The monoisotopic (exact) mass is 394 g/mol. The molecule has 0 aromatic heterocycles. The molecular weight excluding hydrogens is 375 g/mol. The topological polar surface area (TPSA) is 26.3 Å². The van der Waals surface area contributed by atoms with Gasteiger partial charge in [-0.1, -0.05) is 83.3 Å². The van der Waals surface area contributed by atoms with Gasteiger partial charge in [0.05, 0.1) is 0 Å². The molecule has 2 nitrogen and oxygen atoms in total. The summed E-state index contributed by atoms with van der Waals surface area (Å²) in [5, 5.41) is 0. The molecule has 0 saturated carbocycles. The van der Waals surface area contributed by atoms with Crippen LogP contribution in [-0.4, -0.2) is 10.4 Å². The molecule has 0 fully saturated rings. The Balaban J connectivity index is 1.89. The van der Waals surface area contributed by atoms with Crippen LogP contribution in [-0.2, 0) is 16.0 Å². The van der Waals surface area contributed by atoms with Crippen LogP contribution in [0.5, 0.6) is 0 Å². The SMILES string of the molecule is O=C(CCc1ccccc1)O[C@@H](CCI)c1ccccc1. The third-order valence-electron chi connectivity index (χ3n) is 3.28. The van der Waals surface area contributed by atoms with Gasteiger partial charge in [-0.05, 0) is 24.0 Å². The van der Waals surface area contributed by atoms with Gasteiger partial charge in [0.1, 0.15) is 6.10 Å². The number of halogens is 1. The number of carbonyl (C=O) groups is 1. The van der Waals surface area contributed by atoms with Crippen LogP contribution in [0.2, 0.25) is 0 Å². The maximum atomic E-state index is 12.1. The van der Waals surface area contributed by atoms with E-state index in [2.05, 4.69) is 22.6 Å². The average Bonchev–Trinajstić information content (AvgIpc) is 2.54. The molecule has 0 heterocycles. The first-order valence-corrected chi connectivity index (χ1v) is 8.66. The molecule has 0 amide bonds. The van der Waals surface area contributed by atoms with Gasteiger partial charge in [-0.3, -0.25) is 4.79 Å². The molecule has 0 aliphatic rings. The minimum absolute atomic E-state index is 0.127. The zero-order valence-corrected chi connectivity index (χ0v) is 14.0. The Hall–Kier alpha value is -1.36. The number of hydrogen-bond donors (Lipinski definition) is 0. The van der Waals surface area contributed by atoms with E-state index in [1.165, 1.54) is 5.56 Å². The Kier molecular flexibility index (Phi) is 6.73. The summed E-state index contributed by atoms with van der Waals surface area (Å²) in [7, 11) is 0. The predicted octanol–water partition coefficient (Wildman–Crippen LogP) is 4.73. The number of aryl methyl sites for hydroxylation is 1. The molecule has 0 unspecified atom stereocenters. The first-order chi connectivity index (χ1) is 10.3. The molecule has 0 radical (unpaired) electrons. The maximum absolute atomic E-state index is 12.1. The van der Waals surface area contributed by atoms with Crippen LogP contribution in [0.4, 0.5) is 0 Å². The first kappa shape index (κ1) is 16.0. The molecule has 0 aliphatic carbocycles. The second kappa shape index (κ2) is 8.82. The molecule has 0 N–H and O–H groups in total. The van der Waals surface area contributed by atoms with Gasteiger partial charge in [0.2, 0.25) is 0 Å². The molecule has 1 atom stereocenters. The minimum atomic E-state index is -0.133. The van der Waals surface area contributed by atoms with E-state index in [0.29, 0.717) is 6.42 Å². The Labute approximate surface area is 139 Å². The molecule has 110 valence electrons. The van der Waals surface area contributed by atoms with Crippen LogP contribution in [0, 0.1) is 0 Å². The minimum Gasteiger partial charge on any atom is -0.457 e. The quantitative estimate of drug-likeness (QED) is 0.386. The number of ether oxygens (including phenoxy) is 1. The standard InChI is InChI=1S/C18H19IO2/c19-14-13-17(16-9-5-2-6-10-16)21-18(20)12-11-15-7-3-1-4-8-15/h1-10,17H,11-14H2/t17-/m0/s1. The van der Waals surface area contributed by atoms with Crippen LogP contribution in [0.25, 0.3) is 0 Å². The molecule has 0 aliphatic heterocycles. The second-order valence-electron chi connectivity index (χ2n) is 4.85. The molecule has 21 heavy (non-hydrogen) atoms. The summed E-state index contributed by atoms with van der Waals surface area (Å²) in [6.07, 6.45) is 1.87. The van der Waals surface area contributed by atoms with Gasteiger partial charge in [0, 0.05) is 10.8 Å². The van der Waals surface area contributed by atoms with Crippen LogP contribution >= 0.6 is 22.6 Å². The lowest BCUT2D eigenvalue weighted by Crippen LogP contribution is -2.12. The van der Waals surface area contributed by atoms with Gasteiger partial charge in [-0.25, -0.2) is 0 Å². The number of alkyl halides is 1. The molecule has 2 aromatic rings. The van der Waals surface area contributed by atoms with E-state index in [4.69, 9.17) is 4.74 Å². The molecule has 0 bridgehead atoms. The lowest BCUT2D eigenvalue weighted by molar-refractivity contribution is -0.149. The van der Waals surface area contributed by atoms with Gasteiger partial charge in [0.15, 0.2) is 0 Å². The van der Waals surface area contributed by atoms with E-state index in [9.17, 15) is 4.79 Å². The van der Waals surface area contributed by atoms with Crippen molar-refractivity contribution in [3.63, 3.8) is 0 Å². The summed E-state index contributed by atoms with van der Waals surface area (Å²) in [5.74, 6) is -0.127. The lowest BCUT2D eigenvalue weighted by Gasteiger charge is -2.17. The van der Waals surface area contributed by atoms with Crippen molar-refractivity contribution in [2.75, 3.05) is 4.43 Å². The Bertz CT molecular complexity index is 540. The van der Waals surface area contributed by atoms with E-state index in [0.717, 1.165) is 22.8 Å². The number of esters is 1. The molecular formula is C18H19IO2. The van der Waals surface area contributed by atoms with Crippen LogP contribution in [0.15, 0.2) is 60.7 Å². The highest BCUT2D eigenvalue weighted by molar-refractivity contribution is 14.1.